The number of rotatable bonds is 3. The summed E-state index contributed by atoms with van der Waals surface area (Å²) >= 11 is 0. The molecule has 2 aromatic rings. The Kier molecular flexibility index (Phi) is 4.44. The first kappa shape index (κ1) is 13.4. The van der Waals surface area contributed by atoms with Crippen molar-refractivity contribution in [3.63, 3.8) is 0 Å². The van der Waals surface area contributed by atoms with Crippen molar-refractivity contribution in [2.75, 3.05) is 21.3 Å². The first-order valence-electron chi connectivity index (χ1n) is 4.70. The van der Waals surface area contributed by atoms with Crippen LogP contribution in [0.5, 0.6) is 11.5 Å². The predicted octanol–water partition coefficient (Wildman–Crippen LogP) is -0.897. The number of hydrogen-bond acceptors (Lipinski definition) is 6. The highest BCUT2D eigenvalue weighted by atomic mass is 16.6. The zero-order chi connectivity index (χ0) is 13.0. The topological polar surface area (TPSA) is 93.3 Å². The van der Waals surface area contributed by atoms with E-state index >= 15 is 0 Å². The van der Waals surface area contributed by atoms with Crippen molar-refractivity contribution < 1.29 is 29.4 Å². The normalized spacial score (nSPS) is 9.76. The van der Waals surface area contributed by atoms with E-state index in [1.165, 1.54) is 0 Å². The fourth-order valence-corrected chi connectivity index (χ4v) is 1.58. The van der Waals surface area contributed by atoms with E-state index in [-0.39, 0.29) is 0 Å². The molecule has 0 aliphatic rings. The average molecular weight is 243 g/mol. The molecule has 2 bridgehead atoms. The van der Waals surface area contributed by atoms with Gasteiger partial charge in [-0.05, 0) is 12.1 Å². The molecule has 0 unspecified atom stereocenters. The second-order valence-electron chi connectivity index (χ2n) is 2.99. The minimum Gasteiger partial charge on any atom is -0.491 e. The molecule has 0 saturated heterocycles. The van der Waals surface area contributed by atoms with Crippen molar-refractivity contribution in [1.82, 2.24) is 4.73 Å². The molecule has 3 N–H and O–H groups in total. The van der Waals surface area contributed by atoms with Crippen LogP contribution in [0.25, 0.3) is 11.0 Å². The fourth-order valence-electron chi connectivity index (χ4n) is 1.58. The lowest BCUT2D eigenvalue weighted by atomic mass is 10.3. The fraction of sp³-hybridized carbons (Fsp3) is 0.333. The van der Waals surface area contributed by atoms with E-state index in [0.29, 0.717) is 0 Å². The van der Waals surface area contributed by atoms with Crippen LogP contribution in [0.4, 0.5) is 0 Å². The third kappa shape index (κ3) is 2.55. The van der Waals surface area contributed by atoms with Crippen LogP contribution in [0.1, 0.15) is 0 Å². The average Bonchev–Trinajstić information content (AvgIpc) is 2.81. The van der Waals surface area contributed by atoms with E-state index in [1.807, 2.05) is 12.1 Å². The Morgan fingerprint density at radius 2 is 1.29 bits per heavy atom. The maximum absolute atomic E-state index is 7.17. The molecule has 0 saturated carbocycles. The summed E-state index contributed by atoms with van der Waals surface area (Å²) in [4.78, 5) is 5.16. The number of benzene rings is 1. The van der Waals surface area contributed by atoms with Gasteiger partial charge >= 0.3 is 7.32 Å². The van der Waals surface area contributed by atoms with Gasteiger partial charge in [0.2, 0.25) is 0 Å². The van der Waals surface area contributed by atoms with Crippen LogP contribution in [0.15, 0.2) is 12.1 Å². The van der Waals surface area contributed by atoms with E-state index < -0.39 is 7.32 Å². The van der Waals surface area contributed by atoms with Gasteiger partial charge in [0.25, 0.3) is 0 Å². The zero-order valence-corrected chi connectivity index (χ0v) is 9.75. The number of aromatic nitrogens is 1. The summed E-state index contributed by atoms with van der Waals surface area (Å²) in [5, 5.41) is 21.5. The molecule has 0 radical (unpaired) electrons. The Labute approximate surface area is 98.2 Å². The maximum Gasteiger partial charge on any atom is 0.631 e. The van der Waals surface area contributed by atoms with E-state index in [4.69, 9.17) is 29.4 Å². The van der Waals surface area contributed by atoms with Gasteiger partial charge in [0.15, 0.2) is 11.5 Å². The molecule has 0 amide bonds. The Hall–Kier alpha value is -1.64. The number of nitrogens with zero attached hydrogens (tertiary/aromatic N) is 1. The van der Waals surface area contributed by atoms with E-state index in [0.717, 1.165) is 22.5 Å². The van der Waals surface area contributed by atoms with Crippen molar-refractivity contribution in [3.8, 4) is 11.5 Å². The van der Waals surface area contributed by atoms with Crippen molar-refractivity contribution >= 4 is 18.4 Å². The lowest BCUT2D eigenvalue weighted by Crippen LogP contribution is -2.07. The molecule has 8 heteroatoms. The molecule has 94 valence electrons. The van der Waals surface area contributed by atoms with Gasteiger partial charge in [-0.15, -0.1) is 0 Å². The van der Waals surface area contributed by atoms with Crippen LogP contribution in [0.2, 0.25) is 0 Å². The van der Waals surface area contributed by atoms with Crippen molar-refractivity contribution in [2.24, 2.45) is 0 Å². The molecule has 0 aliphatic heterocycles. The second kappa shape index (κ2) is 5.62. The summed E-state index contributed by atoms with van der Waals surface area (Å²) in [6.45, 7) is 0. The van der Waals surface area contributed by atoms with E-state index in [2.05, 4.69) is 0 Å². The van der Waals surface area contributed by atoms with E-state index in [9.17, 15) is 0 Å². The summed E-state index contributed by atoms with van der Waals surface area (Å²) < 4.78 is 12.1. The van der Waals surface area contributed by atoms with Crippen molar-refractivity contribution in [1.29, 1.82) is 0 Å². The second-order valence-corrected chi connectivity index (χ2v) is 2.99. The molecule has 0 aromatic carbocycles. The van der Waals surface area contributed by atoms with Gasteiger partial charge in [-0.1, -0.05) is 0 Å². The molecule has 17 heavy (non-hydrogen) atoms. The van der Waals surface area contributed by atoms with Crippen molar-refractivity contribution in [2.45, 2.75) is 0 Å². The molecular weight excluding hydrogens is 229 g/mol. The molecular formula is C9H14BNO6. The first-order valence-corrected chi connectivity index (χ1v) is 4.70. The van der Waals surface area contributed by atoms with Gasteiger partial charge in [0, 0.05) is 0 Å². The predicted molar refractivity (Wildman–Crippen MR) is 61.1 cm³/mol. The Bertz CT molecular complexity index is 418. The molecule has 7 nitrogen and oxygen atoms in total. The highest BCUT2D eigenvalue weighted by molar-refractivity contribution is 6.30. The molecule has 0 aliphatic carbocycles. The van der Waals surface area contributed by atoms with Crippen LogP contribution < -0.4 is 14.3 Å². The third-order valence-electron chi connectivity index (χ3n) is 2.10. The lowest BCUT2D eigenvalue weighted by molar-refractivity contribution is 0.189. The van der Waals surface area contributed by atoms with Crippen LogP contribution in [-0.4, -0.2) is 48.5 Å². The zero-order valence-electron chi connectivity index (χ0n) is 9.75. The van der Waals surface area contributed by atoms with Gasteiger partial charge in [-0.25, -0.2) is 0 Å². The maximum atomic E-state index is 7.17. The molecule has 2 rings (SSSR count). The molecule has 2 heterocycles. The summed E-state index contributed by atoms with van der Waals surface area (Å²) in [7, 11) is 2.67. The molecule has 0 atom stereocenters. The smallest absolute Gasteiger partial charge is 0.491 e. The summed E-state index contributed by atoms with van der Waals surface area (Å²) in [5.74, 6) is 1.45. The molecule has 2 aromatic heterocycles. The number of methoxy groups -OCH3 is 2. The molecule has 0 spiro atoms. The van der Waals surface area contributed by atoms with Crippen LogP contribution in [0, 0.1) is 0 Å². The number of fused-ring (bicyclic) bond motifs is 2. The number of hydrogen-bond donors (Lipinski definition) is 3. The van der Waals surface area contributed by atoms with Gasteiger partial charge in [-0.3, -0.25) is 0 Å². The minimum atomic E-state index is -2.17. The van der Waals surface area contributed by atoms with Crippen LogP contribution in [0.3, 0.4) is 0 Å². The SMILES string of the molecule is COc1c(OC)c2ccc1n2OC.OB(O)O. The Balaban J connectivity index is 0.000000317. The van der Waals surface area contributed by atoms with Crippen LogP contribution in [-0.2, 0) is 0 Å². The third-order valence-corrected chi connectivity index (χ3v) is 2.10. The van der Waals surface area contributed by atoms with Gasteiger partial charge in [0.1, 0.15) is 18.1 Å². The Morgan fingerprint density at radius 3 is 1.53 bits per heavy atom. The highest BCUT2D eigenvalue weighted by Crippen LogP contribution is 2.41. The van der Waals surface area contributed by atoms with Gasteiger partial charge in [-0.2, -0.15) is 4.73 Å². The summed E-state index contributed by atoms with van der Waals surface area (Å²) in [5.41, 5.74) is 1.77. The molecule has 0 fully saturated rings. The number of ether oxygens (including phenoxy) is 2. The quantitative estimate of drug-likeness (QED) is 0.605. The van der Waals surface area contributed by atoms with Gasteiger partial charge in [0.05, 0.1) is 14.2 Å². The van der Waals surface area contributed by atoms with Crippen LogP contribution >= 0.6 is 0 Å². The summed E-state index contributed by atoms with van der Waals surface area (Å²) in [6.07, 6.45) is 0. The highest BCUT2D eigenvalue weighted by Gasteiger charge is 2.21. The van der Waals surface area contributed by atoms with Crippen molar-refractivity contribution in [3.05, 3.63) is 12.1 Å². The largest absolute Gasteiger partial charge is 0.631 e. The first-order chi connectivity index (χ1) is 8.06. The standard InChI is InChI=1S/C9H11NO3.BH3O3/c1-11-8-6-4-5-7(9(8)12-2)10(6)13-3;2-1(3)4/h4-5H,1-3H3;2-4H. The summed E-state index contributed by atoms with van der Waals surface area (Å²) in [6, 6.07) is 3.86. The minimum absolute atomic E-state index is 0.724. The Morgan fingerprint density at radius 1 is 0.941 bits per heavy atom. The lowest BCUT2D eigenvalue weighted by Gasteiger charge is -2.01. The van der Waals surface area contributed by atoms with Gasteiger partial charge < -0.3 is 29.4 Å². The van der Waals surface area contributed by atoms with E-state index in [1.54, 1.807) is 26.1 Å². The monoisotopic (exact) mass is 243 g/mol.